The lowest BCUT2D eigenvalue weighted by Gasteiger charge is -2.13. The molecule has 0 spiro atoms. The Labute approximate surface area is 106 Å². The molecule has 2 rings (SSSR count). The summed E-state index contributed by atoms with van der Waals surface area (Å²) >= 11 is 0. The third-order valence-electron chi connectivity index (χ3n) is 2.76. The van der Waals surface area contributed by atoms with Gasteiger partial charge in [0.2, 0.25) is 0 Å². The number of anilines is 1. The quantitative estimate of drug-likeness (QED) is 0.902. The van der Waals surface area contributed by atoms with Crippen LogP contribution in [0.15, 0.2) is 30.5 Å². The average Bonchev–Trinajstić information content (AvgIpc) is 2.38. The number of aryl methyl sites for hydroxylation is 1. The standard InChI is InChI=1S/C14H15FN2O/c1-9-6-12(13(16-2)8-17-9)11-5-4-10(15)7-14(11)18-3/h4-8,16H,1-3H3. The molecule has 4 heteroatoms. The molecule has 2 aromatic rings. The predicted octanol–water partition coefficient (Wildman–Crippen LogP) is 3.25. The third-order valence-corrected chi connectivity index (χ3v) is 2.76. The lowest BCUT2D eigenvalue weighted by Crippen LogP contribution is -1.97. The minimum Gasteiger partial charge on any atom is -0.496 e. The van der Waals surface area contributed by atoms with Crippen LogP contribution in [0.5, 0.6) is 5.75 Å². The lowest BCUT2D eigenvalue weighted by molar-refractivity contribution is 0.413. The summed E-state index contributed by atoms with van der Waals surface area (Å²) in [6.07, 6.45) is 1.76. The van der Waals surface area contributed by atoms with Crippen molar-refractivity contribution in [3.05, 3.63) is 42.0 Å². The Morgan fingerprint density at radius 2 is 2.00 bits per heavy atom. The normalized spacial score (nSPS) is 10.2. The van der Waals surface area contributed by atoms with E-state index in [1.165, 1.54) is 19.2 Å². The Bertz CT molecular complexity index is 570. The second-order valence-electron chi connectivity index (χ2n) is 3.97. The summed E-state index contributed by atoms with van der Waals surface area (Å²) < 4.78 is 18.4. The molecule has 0 atom stereocenters. The van der Waals surface area contributed by atoms with Crippen molar-refractivity contribution in [2.45, 2.75) is 6.92 Å². The van der Waals surface area contributed by atoms with Crippen molar-refractivity contribution < 1.29 is 9.13 Å². The molecule has 3 nitrogen and oxygen atoms in total. The number of nitrogens with zero attached hydrogens (tertiary/aromatic N) is 1. The van der Waals surface area contributed by atoms with Crippen molar-refractivity contribution in [1.82, 2.24) is 4.98 Å². The maximum atomic E-state index is 13.2. The van der Waals surface area contributed by atoms with E-state index in [0.29, 0.717) is 5.75 Å². The molecular weight excluding hydrogens is 231 g/mol. The van der Waals surface area contributed by atoms with Crippen LogP contribution in [-0.4, -0.2) is 19.1 Å². The second-order valence-corrected chi connectivity index (χ2v) is 3.97. The van der Waals surface area contributed by atoms with E-state index >= 15 is 0 Å². The first-order valence-corrected chi connectivity index (χ1v) is 5.64. The van der Waals surface area contributed by atoms with Crippen LogP contribution < -0.4 is 10.1 Å². The zero-order valence-corrected chi connectivity index (χ0v) is 10.6. The van der Waals surface area contributed by atoms with Gasteiger partial charge >= 0.3 is 0 Å². The number of ether oxygens (including phenoxy) is 1. The van der Waals surface area contributed by atoms with Crippen LogP contribution in [0, 0.1) is 12.7 Å². The number of halogens is 1. The summed E-state index contributed by atoms with van der Waals surface area (Å²) in [5.41, 5.74) is 3.57. The van der Waals surface area contributed by atoms with Gasteiger partial charge in [0, 0.05) is 29.9 Å². The number of nitrogens with one attached hydrogen (secondary N) is 1. The molecule has 0 amide bonds. The monoisotopic (exact) mass is 246 g/mol. The molecule has 1 aromatic heterocycles. The molecule has 0 saturated heterocycles. The maximum absolute atomic E-state index is 13.2. The smallest absolute Gasteiger partial charge is 0.129 e. The van der Waals surface area contributed by atoms with E-state index in [9.17, 15) is 4.39 Å². The van der Waals surface area contributed by atoms with Gasteiger partial charge in [-0.2, -0.15) is 0 Å². The molecule has 0 unspecified atom stereocenters. The summed E-state index contributed by atoms with van der Waals surface area (Å²) in [6, 6.07) is 6.46. The van der Waals surface area contributed by atoms with Gasteiger partial charge < -0.3 is 10.1 Å². The van der Waals surface area contributed by atoms with E-state index in [1.807, 2.05) is 20.0 Å². The zero-order valence-electron chi connectivity index (χ0n) is 10.6. The highest BCUT2D eigenvalue weighted by atomic mass is 19.1. The van der Waals surface area contributed by atoms with Gasteiger partial charge in [-0.05, 0) is 25.1 Å². The van der Waals surface area contributed by atoms with Gasteiger partial charge in [-0.25, -0.2) is 4.39 Å². The first kappa shape index (κ1) is 12.4. The summed E-state index contributed by atoms with van der Waals surface area (Å²) in [5, 5.41) is 3.08. The van der Waals surface area contributed by atoms with E-state index in [2.05, 4.69) is 10.3 Å². The first-order chi connectivity index (χ1) is 8.65. The fourth-order valence-electron chi connectivity index (χ4n) is 1.87. The largest absolute Gasteiger partial charge is 0.496 e. The van der Waals surface area contributed by atoms with E-state index in [4.69, 9.17) is 4.74 Å². The molecule has 1 N–H and O–H groups in total. The Balaban J connectivity index is 2.64. The van der Waals surface area contributed by atoms with E-state index in [0.717, 1.165) is 22.5 Å². The van der Waals surface area contributed by atoms with Crippen molar-refractivity contribution in [2.24, 2.45) is 0 Å². The van der Waals surface area contributed by atoms with Crippen molar-refractivity contribution in [2.75, 3.05) is 19.5 Å². The average molecular weight is 246 g/mol. The topological polar surface area (TPSA) is 34.2 Å². The number of hydrogen-bond donors (Lipinski definition) is 1. The van der Waals surface area contributed by atoms with Gasteiger partial charge in [-0.1, -0.05) is 0 Å². The van der Waals surface area contributed by atoms with Gasteiger partial charge in [-0.15, -0.1) is 0 Å². The summed E-state index contributed by atoms with van der Waals surface area (Å²) in [4.78, 5) is 4.23. The van der Waals surface area contributed by atoms with Gasteiger partial charge in [0.15, 0.2) is 0 Å². The molecule has 94 valence electrons. The summed E-state index contributed by atoms with van der Waals surface area (Å²) in [7, 11) is 3.36. The van der Waals surface area contributed by atoms with Crippen LogP contribution in [0.4, 0.5) is 10.1 Å². The number of aromatic nitrogens is 1. The Hall–Kier alpha value is -2.10. The second kappa shape index (κ2) is 5.04. The molecule has 1 heterocycles. The number of rotatable bonds is 3. The molecule has 0 aliphatic heterocycles. The molecule has 0 radical (unpaired) electrons. The fourth-order valence-corrected chi connectivity index (χ4v) is 1.87. The zero-order chi connectivity index (χ0) is 13.1. The molecule has 0 aliphatic carbocycles. The SMILES string of the molecule is CNc1cnc(C)cc1-c1ccc(F)cc1OC. The van der Waals surface area contributed by atoms with Crippen molar-refractivity contribution in [1.29, 1.82) is 0 Å². The summed E-state index contributed by atoms with van der Waals surface area (Å²) in [6.45, 7) is 1.92. The number of benzene rings is 1. The van der Waals surface area contributed by atoms with Gasteiger partial charge in [0.05, 0.1) is 19.0 Å². The number of hydrogen-bond acceptors (Lipinski definition) is 3. The molecule has 1 aromatic carbocycles. The Morgan fingerprint density at radius 1 is 1.22 bits per heavy atom. The van der Waals surface area contributed by atoms with Gasteiger partial charge in [-0.3, -0.25) is 4.98 Å². The van der Waals surface area contributed by atoms with Crippen molar-refractivity contribution >= 4 is 5.69 Å². The molecule has 18 heavy (non-hydrogen) atoms. The predicted molar refractivity (Wildman–Crippen MR) is 70.5 cm³/mol. The molecular formula is C14H15FN2O. The van der Waals surface area contributed by atoms with E-state index < -0.39 is 0 Å². The van der Waals surface area contributed by atoms with Crippen molar-refractivity contribution in [3.63, 3.8) is 0 Å². The molecule has 0 fully saturated rings. The van der Waals surface area contributed by atoms with Crippen LogP contribution in [0.1, 0.15) is 5.69 Å². The fraction of sp³-hybridized carbons (Fsp3) is 0.214. The number of methoxy groups -OCH3 is 1. The lowest BCUT2D eigenvalue weighted by atomic mass is 10.0. The highest BCUT2D eigenvalue weighted by Crippen LogP contribution is 2.35. The molecule has 0 aliphatic rings. The van der Waals surface area contributed by atoms with Crippen LogP contribution in [-0.2, 0) is 0 Å². The van der Waals surface area contributed by atoms with Crippen molar-refractivity contribution in [3.8, 4) is 16.9 Å². The first-order valence-electron chi connectivity index (χ1n) is 5.64. The van der Waals surface area contributed by atoms with Crippen LogP contribution in [0.3, 0.4) is 0 Å². The Kier molecular flexibility index (Phi) is 3.46. The van der Waals surface area contributed by atoms with Gasteiger partial charge in [0.1, 0.15) is 11.6 Å². The third kappa shape index (κ3) is 2.27. The highest BCUT2D eigenvalue weighted by Gasteiger charge is 2.11. The maximum Gasteiger partial charge on any atom is 0.129 e. The van der Waals surface area contributed by atoms with Crippen LogP contribution in [0.25, 0.3) is 11.1 Å². The number of pyridine rings is 1. The van der Waals surface area contributed by atoms with Crippen LogP contribution in [0.2, 0.25) is 0 Å². The van der Waals surface area contributed by atoms with E-state index in [-0.39, 0.29) is 5.82 Å². The van der Waals surface area contributed by atoms with E-state index in [1.54, 1.807) is 12.3 Å². The highest BCUT2D eigenvalue weighted by molar-refractivity contribution is 5.81. The van der Waals surface area contributed by atoms with Crippen LogP contribution >= 0.6 is 0 Å². The molecule has 0 saturated carbocycles. The molecule has 0 bridgehead atoms. The minimum atomic E-state index is -0.313. The Morgan fingerprint density at radius 3 is 2.67 bits per heavy atom. The van der Waals surface area contributed by atoms with Gasteiger partial charge in [0.25, 0.3) is 0 Å². The minimum absolute atomic E-state index is 0.313. The summed E-state index contributed by atoms with van der Waals surface area (Å²) in [5.74, 6) is 0.199.